The van der Waals surface area contributed by atoms with Crippen LogP contribution in [0.15, 0.2) is 30.3 Å². The van der Waals surface area contributed by atoms with Gasteiger partial charge in [0.05, 0.1) is 5.56 Å². The van der Waals surface area contributed by atoms with Crippen molar-refractivity contribution in [2.45, 2.75) is 32.0 Å². The van der Waals surface area contributed by atoms with Crippen molar-refractivity contribution in [2.75, 3.05) is 6.54 Å². The highest BCUT2D eigenvalue weighted by molar-refractivity contribution is 5.97. The lowest BCUT2D eigenvalue weighted by Crippen LogP contribution is -2.43. The van der Waals surface area contributed by atoms with Crippen LogP contribution >= 0.6 is 0 Å². The van der Waals surface area contributed by atoms with Crippen LogP contribution in [-0.2, 0) is 15.8 Å². The quantitative estimate of drug-likeness (QED) is 0.868. The molecule has 2 rings (SSSR count). The molecular formula is C16H17F3N2O2. The van der Waals surface area contributed by atoms with Crippen LogP contribution in [-0.4, -0.2) is 29.3 Å². The summed E-state index contributed by atoms with van der Waals surface area (Å²) in [4.78, 5) is 24.9. The van der Waals surface area contributed by atoms with E-state index in [1.807, 2.05) is 0 Å². The molecule has 1 aromatic carbocycles. The molecule has 0 aliphatic carbocycles. The Labute approximate surface area is 131 Å². The molecule has 23 heavy (non-hydrogen) atoms. The smallest absolute Gasteiger partial charge is 0.368 e. The molecule has 0 bridgehead atoms. The molecule has 0 radical (unpaired) electrons. The summed E-state index contributed by atoms with van der Waals surface area (Å²) >= 11 is 0. The molecule has 124 valence electrons. The van der Waals surface area contributed by atoms with E-state index in [2.05, 4.69) is 0 Å². The van der Waals surface area contributed by atoms with Gasteiger partial charge in [-0.2, -0.15) is 13.2 Å². The van der Waals surface area contributed by atoms with Crippen molar-refractivity contribution >= 4 is 17.4 Å². The van der Waals surface area contributed by atoms with Crippen molar-refractivity contribution in [2.24, 2.45) is 5.73 Å². The number of nitrogens with zero attached hydrogens (tertiary/aromatic N) is 1. The molecule has 2 amide bonds. The van der Waals surface area contributed by atoms with Gasteiger partial charge in [-0.05, 0) is 43.0 Å². The van der Waals surface area contributed by atoms with E-state index in [9.17, 15) is 22.8 Å². The summed E-state index contributed by atoms with van der Waals surface area (Å²) in [6.45, 7) is 1.97. The van der Waals surface area contributed by atoms with Gasteiger partial charge in [-0.15, -0.1) is 0 Å². The molecule has 1 fully saturated rings. The second kappa shape index (κ2) is 6.44. The van der Waals surface area contributed by atoms with Gasteiger partial charge < -0.3 is 10.6 Å². The third-order valence-corrected chi connectivity index (χ3v) is 3.85. The molecule has 2 N–H and O–H groups in total. The first kappa shape index (κ1) is 17.1. The molecule has 4 nitrogen and oxygen atoms in total. The van der Waals surface area contributed by atoms with Crippen molar-refractivity contribution in [3.05, 3.63) is 41.5 Å². The maximum atomic E-state index is 12.7. The van der Waals surface area contributed by atoms with Crippen LogP contribution in [0.5, 0.6) is 0 Å². The van der Waals surface area contributed by atoms with Gasteiger partial charge in [-0.3, -0.25) is 9.59 Å². The number of alkyl halides is 3. The SMILES string of the molecule is C/C(=C\C(=O)N1CCC[C@@H]1C(N)=O)c1cccc(C(F)(F)F)c1. The third kappa shape index (κ3) is 3.91. The molecule has 0 spiro atoms. The molecule has 0 unspecified atom stereocenters. The zero-order valence-corrected chi connectivity index (χ0v) is 12.6. The standard InChI is InChI=1S/C16H17F3N2O2/c1-10(11-4-2-5-12(9-11)16(17,18)19)8-14(22)21-7-3-6-13(21)15(20)23/h2,4-5,8-9,13H,3,6-7H2,1H3,(H2,20,23)/b10-8+/t13-/m1/s1. The minimum absolute atomic E-state index is 0.308. The number of hydrogen-bond donors (Lipinski definition) is 1. The minimum atomic E-state index is -4.44. The first-order chi connectivity index (χ1) is 10.7. The second-order valence-corrected chi connectivity index (χ2v) is 5.50. The minimum Gasteiger partial charge on any atom is -0.368 e. The van der Waals surface area contributed by atoms with E-state index in [-0.39, 0.29) is 0 Å². The number of primary amides is 1. The van der Waals surface area contributed by atoms with Gasteiger partial charge in [0, 0.05) is 12.6 Å². The van der Waals surface area contributed by atoms with Crippen LogP contribution in [0.25, 0.3) is 5.57 Å². The van der Waals surface area contributed by atoms with Crippen LogP contribution in [0.4, 0.5) is 13.2 Å². The number of allylic oxidation sites excluding steroid dienone is 1. The van der Waals surface area contributed by atoms with Crippen LogP contribution in [0.3, 0.4) is 0 Å². The first-order valence-electron chi connectivity index (χ1n) is 7.16. The number of benzene rings is 1. The van der Waals surface area contributed by atoms with Crippen molar-refractivity contribution in [1.82, 2.24) is 4.90 Å². The molecule has 1 atom stereocenters. The predicted octanol–water partition coefficient (Wildman–Crippen LogP) is 2.59. The Balaban J connectivity index is 2.22. The van der Waals surface area contributed by atoms with Crippen LogP contribution in [0.1, 0.15) is 30.9 Å². The lowest BCUT2D eigenvalue weighted by Gasteiger charge is -2.21. The monoisotopic (exact) mass is 326 g/mol. The Kier molecular flexibility index (Phi) is 4.77. The number of hydrogen-bond acceptors (Lipinski definition) is 2. The Bertz CT molecular complexity index is 653. The summed E-state index contributed by atoms with van der Waals surface area (Å²) in [5, 5.41) is 0. The van der Waals surface area contributed by atoms with Crippen molar-refractivity contribution in [1.29, 1.82) is 0 Å². The normalized spacial score (nSPS) is 19.0. The Morgan fingerprint density at radius 1 is 1.35 bits per heavy atom. The third-order valence-electron chi connectivity index (χ3n) is 3.85. The summed E-state index contributed by atoms with van der Waals surface area (Å²) in [7, 11) is 0. The van der Waals surface area contributed by atoms with Gasteiger partial charge in [-0.1, -0.05) is 12.1 Å². The summed E-state index contributed by atoms with van der Waals surface area (Å²) in [6.07, 6.45) is -2.00. The molecule has 1 aliphatic heterocycles. The van der Waals surface area contributed by atoms with Gasteiger partial charge >= 0.3 is 6.18 Å². The molecule has 1 saturated heterocycles. The summed E-state index contributed by atoms with van der Waals surface area (Å²) < 4.78 is 38.2. The molecule has 7 heteroatoms. The van der Waals surface area contributed by atoms with Crippen molar-refractivity contribution in [3.63, 3.8) is 0 Å². The van der Waals surface area contributed by atoms with E-state index >= 15 is 0 Å². The fourth-order valence-corrected chi connectivity index (χ4v) is 2.62. The van der Waals surface area contributed by atoms with Gasteiger partial charge in [-0.25, -0.2) is 0 Å². The van der Waals surface area contributed by atoms with Crippen LogP contribution in [0.2, 0.25) is 0 Å². The zero-order valence-electron chi connectivity index (χ0n) is 12.6. The molecule has 1 aromatic rings. The predicted molar refractivity (Wildman–Crippen MR) is 79.0 cm³/mol. The average Bonchev–Trinajstić information content (AvgIpc) is 2.96. The van der Waals surface area contributed by atoms with Gasteiger partial charge in [0.25, 0.3) is 0 Å². The summed E-state index contributed by atoms with van der Waals surface area (Å²) in [5.41, 5.74) is 5.19. The van der Waals surface area contributed by atoms with Crippen LogP contribution in [0, 0.1) is 0 Å². The number of likely N-dealkylation sites (tertiary alicyclic amines) is 1. The fraction of sp³-hybridized carbons (Fsp3) is 0.375. The largest absolute Gasteiger partial charge is 0.416 e. The lowest BCUT2D eigenvalue weighted by atomic mass is 10.0. The van der Waals surface area contributed by atoms with Crippen molar-refractivity contribution < 1.29 is 22.8 Å². The molecule has 0 aromatic heterocycles. The topological polar surface area (TPSA) is 63.4 Å². The number of nitrogens with two attached hydrogens (primary N) is 1. The number of amides is 2. The Morgan fingerprint density at radius 3 is 2.65 bits per heavy atom. The average molecular weight is 326 g/mol. The maximum Gasteiger partial charge on any atom is 0.416 e. The fourth-order valence-electron chi connectivity index (χ4n) is 2.62. The second-order valence-electron chi connectivity index (χ2n) is 5.50. The summed E-state index contributed by atoms with van der Waals surface area (Å²) in [5.74, 6) is -0.984. The van der Waals surface area contributed by atoms with E-state index in [0.29, 0.717) is 30.5 Å². The van der Waals surface area contributed by atoms with E-state index < -0.39 is 29.6 Å². The van der Waals surface area contributed by atoms with E-state index in [1.165, 1.54) is 23.1 Å². The van der Waals surface area contributed by atoms with Crippen LogP contribution < -0.4 is 5.73 Å². The highest BCUT2D eigenvalue weighted by atomic mass is 19.4. The van der Waals surface area contributed by atoms with Crippen molar-refractivity contribution in [3.8, 4) is 0 Å². The number of halogens is 3. The van der Waals surface area contributed by atoms with Gasteiger partial charge in [0.1, 0.15) is 6.04 Å². The molecular weight excluding hydrogens is 309 g/mol. The molecule has 1 aliphatic rings. The molecule has 0 saturated carbocycles. The highest BCUT2D eigenvalue weighted by Gasteiger charge is 2.32. The first-order valence-corrected chi connectivity index (χ1v) is 7.16. The zero-order chi connectivity index (χ0) is 17.2. The summed E-state index contributed by atoms with van der Waals surface area (Å²) in [6, 6.07) is 4.12. The number of carbonyl (C=O) groups excluding carboxylic acids is 2. The lowest BCUT2D eigenvalue weighted by molar-refractivity contribution is -0.137. The Hall–Kier alpha value is -2.31. The van der Waals surface area contributed by atoms with Gasteiger partial charge in [0.15, 0.2) is 0 Å². The van der Waals surface area contributed by atoms with Gasteiger partial charge in [0.2, 0.25) is 11.8 Å². The van der Waals surface area contributed by atoms with E-state index in [0.717, 1.165) is 12.1 Å². The van der Waals surface area contributed by atoms with E-state index in [4.69, 9.17) is 5.73 Å². The molecule has 1 heterocycles. The maximum absolute atomic E-state index is 12.7. The van der Waals surface area contributed by atoms with E-state index in [1.54, 1.807) is 6.92 Å². The highest BCUT2D eigenvalue weighted by Crippen LogP contribution is 2.31. The Morgan fingerprint density at radius 2 is 2.04 bits per heavy atom. The number of carbonyl (C=O) groups is 2. The number of rotatable bonds is 3.